The van der Waals surface area contributed by atoms with Crippen LogP contribution in [-0.4, -0.2) is 22.0 Å². The van der Waals surface area contributed by atoms with E-state index in [0.717, 1.165) is 25.7 Å². The van der Waals surface area contributed by atoms with Crippen LogP contribution in [0, 0.1) is 0 Å². The van der Waals surface area contributed by atoms with Crippen molar-refractivity contribution < 1.29 is 9.21 Å². The summed E-state index contributed by atoms with van der Waals surface area (Å²) in [4.78, 5) is 41.1. The zero-order chi connectivity index (χ0) is 19.1. The van der Waals surface area contributed by atoms with Gasteiger partial charge in [0.25, 0.3) is 11.5 Å². The van der Waals surface area contributed by atoms with Crippen LogP contribution in [0.15, 0.2) is 32.6 Å². The monoisotopic (exact) mass is 362 g/mol. The molecular formula is C18H26N4O4. The molecule has 0 aliphatic rings. The number of carbonyl (C=O) groups excluding carboxylic acids is 1. The van der Waals surface area contributed by atoms with E-state index < -0.39 is 11.2 Å². The summed E-state index contributed by atoms with van der Waals surface area (Å²) in [6.07, 6.45) is 6.92. The molecule has 0 saturated heterocycles. The van der Waals surface area contributed by atoms with Crippen molar-refractivity contribution in [2.75, 3.05) is 17.2 Å². The summed E-state index contributed by atoms with van der Waals surface area (Å²) in [6, 6.07) is 1.53. The average molecular weight is 362 g/mol. The molecule has 0 aliphatic heterocycles. The van der Waals surface area contributed by atoms with Crippen molar-refractivity contribution in [1.29, 1.82) is 0 Å². The van der Waals surface area contributed by atoms with E-state index in [4.69, 9.17) is 10.2 Å². The van der Waals surface area contributed by atoms with E-state index >= 15 is 0 Å². The smallest absolute Gasteiger partial charge is 0.330 e. The third-order valence-corrected chi connectivity index (χ3v) is 4.22. The van der Waals surface area contributed by atoms with Gasteiger partial charge >= 0.3 is 5.69 Å². The second kappa shape index (κ2) is 9.07. The van der Waals surface area contributed by atoms with E-state index in [0.29, 0.717) is 25.1 Å². The lowest BCUT2D eigenvalue weighted by molar-refractivity contribution is 0.0985. The molecule has 0 spiro atoms. The molecule has 3 N–H and O–H groups in total. The van der Waals surface area contributed by atoms with Crippen molar-refractivity contribution in [2.24, 2.45) is 0 Å². The van der Waals surface area contributed by atoms with Gasteiger partial charge in [-0.3, -0.25) is 19.1 Å². The Morgan fingerprint density at radius 2 is 1.96 bits per heavy atom. The van der Waals surface area contributed by atoms with Crippen LogP contribution < -0.4 is 21.9 Å². The second-order valence-corrected chi connectivity index (χ2v) is 6.17. The third kappa shape index (κ3) is 4.25. The van der Waals surface area contributed by atoms with Crippen LogP contribution in [-0.2, 0) is 6.54 Å². The minimum absolute atomic E-state index is 0.0144. The fourth-order valence-corrected chi connectivity index (χ4v) is 2.75. The Bertz CT molecular complexity index is 836. The summed E-state index contributed by atoms with van der Waals surface area (Å²) in [6.45, 7) is 4.76. The summed E-state index contributed by atoms with van der Waals surface area (Å²) < 4.78 is 6.30. The number of H-pyrrole nitrogens is 1. The largest absolute Gasteiger partial charge is 0.472 e. The molecule has 142 valence electrons. The molecule has 0 saturated carbocycles. The molecule has 0 bridgehead atoms. The number of nitrogens with one attached hydrogen (secondary N) is 1. The highest BCUT2D eigenvalue weighted by Crippen LogP contribution is 2.21. The van der Waals surface area contributed by atoms with Crippen LogP contribution in [0.2, 0.25) is 0 Å². The summed E-state index contributed by atoms with van der Waals surface area (Å²) in [5.74, 6) is -0.367. The lowest BCUT2D eigenvalue weighted by Gasteiger charge is -2.24. The summed E-state index contributed by atoms with van der Waals surface area (Å²) in [5.41, 5.74) is 5.27. The maximum atomic E-state index is 12.9. The number of hydrogen-bond acceptors (Lipinski definition) is 5. The van der Waals surface area contributed by atoms with Crippen molar-refractivity contribution in [1.82, 2.24) is 9.55 Å². The van der Waals surface area contributed by atoms with Gasteiger partial charge in [0.05, 0.1) is 11.8 Å². The Hall–Kier alpha value is -2.77. The number of amides is 1. The standard InChI is InChI=1S/C18H26N4O4/c1-3-5-7-10-21(17(24)13-8-11-26-12-13)14-15(19)22(9-6-4-2)18(25)20-16(14)23/h8,11-12H,3-7,9-10,19H2,1-2H3,(H,20,23,25). The second-order valence-electron chi connectivity index (χ2n) is 6.17. The molecule has 0 unspecified atom stereocenters. The maximum Gasteiger partial charge on any atom is 0.330 e. The zero-order valence-corrected chi connectivity index (χ0v) is 15.3. The lowest BCUT2D eigenvalue weighted by Crippen LogP contribution is -2.41. The van der Waals surface area contributed by atoms with Crippen molar-refractivity contribution in [3.63, 3.8) is 0 Å². The Kier molecular flexibility index (Phi) is 6.82. The number of anilines is 2. The quantitative estimate of drug-likeness (QED) is 0.665. The average Bonchev–Trinajstić information content (AvgIpc) is 3.14. The van der Waals surface area contributed by atoms with Gasteiger partial charge in [-0.2, -0.15) is 0 Å². The normalized spacial score (nSPS) is 10.8. The number of unbranched alkanes of at least 4 members (excludes halogenated alkanes) is 3. The van der Waals surface area contributed by atoms with Gasteiger partial charge in [0, 0.05) is 13.1 Å². The van der Waals surface area contributed by atoms with Crippen LogP contribution in [0.25, 0.3) is 0 Å². The molecule has 2 aromatic rings. The van der Waals surface area contributed by atoms with Gasteiger partial charge in [-0.1, -0.05) is 33.1 Å². The molecule has 2 heterocycles. The van der Waals surface area contributed by atoms with Crippen LogP contribution in [0.1, 0.15) is 56.3 Å². The van der Waals surface area contributed by atoms with Crippen molar-refractivity contribution >= 4 is 17.4 Å². The number of nitrogen functional groups attached to an aromatic ring is 1. The van der Waals surface area contributed by atoms with Crippen molar-refractivity contribution in [2.45, 2.75) is 52.5 Å². The minimum Gasteiger partial charge on any atom is -0.472 e. The number of rotatable bonds is 9. The van der Waals surface area contributed by atoms with E-state index in [9.17, 15) is 14.4 Å². The molecule has 8 nitrogen and oxygen atoms in total. The van der Waals surface area contributed by atoms with Gasteiger partial charge in [0.1, 0.15) is 12.1 Å². The number of carbonyl (C=O) groups is 1. The number of nitrogens with zero attached hydrogens (tertiary/aromatic N) is 2. The molecule has 0 fully saturated rings. The molecule has 0 radical (unpaired) electrons. The SMILES string of the molecule is CCCCCN(C(=O)c1ccoc1)c1c(N)n(CCCC)c(=O)[nH]c1=O. The lowest BCUT2D eigenvalue weighted by atomic mass is 10.2. The van der Waals surface area contributed by atoms with Crippen LogP contribution in [0.5, 0.6) is 0 Å². The number of furan rings is 1. The zero-order valence-electron chi connectivity index (χ0n) is 15.3. The molecular weight excluding hydrogens is 336 g/mol. The van der Waals surface area contributed by atoms with Gasteiger partial charge < -0.3 is 15.1 Å². The number of aromatic amines is 1. The predicted molar refractivity (Wildman–Crippen MR) is 101 cm³/mol. The first-order valence-electron chi connectivity index (χ1n) is 8.97. The Balaban J connectivity index is 2.50. The fourth-order valence-electron chi connectivity index (χ4n) is 2.75. The number of hydrogen-bond donors (Lipinski definition) is 2. The van der Waals surface area contributed by atoms with Gasteiger partial charge in [-0.05, 0) is 18.9 Å². The molecule has 0 atom stereocenters. The first-order chi connectivity index (χ1) is 12.5. The molecule has 8 heteroatoms. The van der Waals surface area contributed by atoms with E-state index in [2.05, 4.69) is 4.98 Å². The Labute approximate surface area is 151 Å². The van der Waals surface area contributed by atoms with E-state index in [1.165, 1.54) is 28.1 Å². The van der Waals surface area contributed by atoms with Gasteiger partial charge in [-0.15, -0.1) is 0 Å². The maximum absolute atomic E-state index is 12.9. The Morgan fingerprint density at radius 1 is 1.23 bits per heavy atom. The Morgan fingerprint density at radius 3 is 2.58 bits per heavy atom. The minimum atomic E-state index is -0.659. The van der Waals surface area contributed by atoms with Crippen LogP contribution in [0.4, 0.5) is 11.5 Å². The van der Waals surface area contributed by atoms with Gasteiger partial charge in [0.15, 0.2) is 5.69 Å². The fraction of sp³-hybridized carbons (Fsp3) is 0.500. The first-order valence-corrected chi connectivity index (χ1v) is 8.97. The topological polar surface area (TPSA) is 114 Å². The highest BCUT2D eigenvalue weighted by Gasteiger charge is 2.25. The van der Waals surface area contributed by atoms with Gasteiger partial charge in [0.2, 0.25) is 0 Å². The van der Waals surface area contributed by atoms with Gasteiger partial charge in [-0.25, -0.2) is 4.79 Å². The first kappa shape index (κ1) is 19.6. The summed E-state index contributed by atoms with van der Waals surface area (Å²) >= 11 is 0. The van der Waals surface area contributed by atoms with Crippen molar-refractivity contribution in [3.8, 4) is 0 Å². The highest BCUT2D eigenvalue weighted by molar-refractivity contribution is 6.07. The van der Waals surface area contributed by atoms with Crippen molar-refractivity contribution in [3.05, 3.63) is 45.0 Å². The molecule has 0 aromatic carbocycles. The third-order valence-electron chi connectivity index (χ3n) is 4.22. The summed E-state index contributed by atoms with van der Waals surface area (Å²) in [7, 11) is 0. The molecule has 26 heavy (non-hydrogen) atoms. The number of nitrogens with two attached hydrogens (primary N) is 1. The van der Waals surface area contributed by atoms with E-state index in [-0.39, 0.29) is 17.4 Å². The molecule has 1 amide bonds. The summed E-state index contributed by atoms with van der Waals surface area (Å²) in [5, 5.41) is 0. The van der Waals surface area contributed by atoms with E-state index in [1.54, 1.807) is 0 Å². The highest BCUT2D eigenvalue weighted by atomic mass is 16.3. The molecule has 0 aliphatic carbocycles. The number of aromatic nitrogens is 2. The van der Waals surface area contributed by atoms with Crippen LogP contribution >= 0.6 is 0 Å². The molecule has 2 rings (SSSR count). The van der Waals surface area contributed by atoms with E-state index in [1.807, 2.05) is 13.8 Å². The molecule has 2 aromatic heterocycles. The predicted octanol–water partition coefficient (Wildman–Crippen LogP) is 2.35. The van der Waals surface area contributed by atoms with Crippen LogP contribution in [0.3, 0.4) is 0 Å².